The lowest BCUT2D eigenvalue weighted by molar-refractivity contribution is -0.116. The van der Waals surface area contributed by atoms with Gasteiger partial charge in [0.25, 0.3) is 5.91 Å². The number of nitrogens with zero attached hydrogens (tertiary/aromatic N) is 1. The summed E-state index contributed by atoms with van der Waals surface area (Å²) in [4.78, 5) is 27.4. The number of anilines is 2. The van der Waals surface area contributed by atoms with Crippen LogP contribution in [0.25, 0.3) is 0 Å². The Hall–Kier alpha value is -2.95. The first-order chi connectivity index (χ1) is 16.3. The number of morpholine rings is 1. The molecule has 1 unspecified atom stereocenters. The molecule has 1 atom stereocenters. The maximum atomic E-state index is 12.8. The van der Waals surface area contributed by atoms with Crippen LogP contribution in [0.5, 0.6) is 0 Å². The molecule has 10 heteroatoms. The van der Waals surface area contributed by atoms with Crippen LogP contribution >= 0.6 is 0 Å². The molecule has 2 aromatic rings. The minimum absolute atomic E-state index is 0.123. The van der Waals surface area contributed by atoms with Crippen LogP contribution in [-0.4, -0.2) is 76.3 Å². The molecule has 1 saturated heterocycles. The van der Waals surface area contributed by atoms with E-state index in [9.17, 15) is 18.0 Å². The van der Waals surface area contributed by atoms with Gasteiger partial charge in [0, 0.05) is 31.7 Å². The van der Waals surface area contributed by atoms with Gasteiger partial charge >= 0.3 is 0 Å². The summed E-state index contributed by atoms with van der Waals surface area (Å²) in [7, 11) is -3.53. The molecule has 182 valence electrons. The second-order valence-electron chi connectivity index (χ2n) is 8.64. The predicted octanol–water partition coefficient (Wildman–Crippen LogP) is 1.40. The number of fused-ring (bicyclic) bond motifs is 1. The third-order valence-electron chi connectivity index (χ3n) is 6.06. The molecular formula is C24H30N4O5S. The van der Waals surface area contributed by atoms with Crippen LogP contribution in [-0.2, 0) is 25.1 Å². The quantitative estimate of drug-likeness (QED) is 0.516. The predicted molar refractivity (Wildman–Crippen MR) is 131 cm³/mol. The molecule has 1 fully saturated rings. The normalized spacial score (nSPS) is 18.5. The van der Waals surface area contributed by atoms with Crippen LogP contribution in [0.2, 0.25) is 0 Å². The van der Waals surface area contributed by atoms with E-state index in [1.54, 1.807) is 30.3 Å². The third-order valence-corrected chi connectivity index (χ3v) is 7.65. The number of hydrogen-bond donors (Lipinski definition) is 3. The molecule has 2 aromatic carbocycles. The number of nitrogens with one attached hydrogen (secondary N) is 3. The average molecular weight is 487 g/mol. The van der Waals surface area contributed by atoms with E-state index in [0.29, 0.717) is 36.7 Å². The highest BCUT2D eigenvalue weighted by atomic mass is 32.2. The highest BCUT2D eigenvalue weighted by Gasteiger charge is 2.31. The second kappa shape index (κ2) is 10.5. The Kier molecular flexibility index (Phi) is 7.50. The van der Waals surface area contributed by atoms with E-state index in [2.05, 4.69) is 20.9 Å². The maximum Gasteiger partial charge on any atom is 0.251 e. The zero-order valence-electron chi connectivity index (χ0n) is 19.2. The summed E-state index contributed by atoms with van der Waals surface area (Å²) in [5.41, 5.74) is 3.09. The standard InChI is InChI=1S/C24H30N4O5S/c1-17-4-2-3-5-19(17)15-34(31,32)16-22-24(30)27-21-14-18(6-7-20(21)26-22)23(29)25-8-9-28-10-12-33-13-11-28/h2-7,14,22,26H,8-13,15-16H2,1H3,(H,25,29)(H,27,30). The fourth-order valence-corrected chi connectivity index (χ4v) is 5.74. The molecule has 0 saturated carbocycles. The van der Waals surface area contributed by atoms with E-state index in [1.807, 2.05) is 19.1 Å². The van der Waals surface area contributed by atoms with Gasteiger partial charge in [0.2, 0.25) is 5.91 Å². The molecule has 0 aliphatic carbocycles. The summed E-state index contributed by atoms with van der Waals surface area (Å²) in [6.45, 7) is 6.25. The van der Waals surface area contributed by atoms with Crippen molar-refractivity contribution in [1.82, 2.24) is 10.2 Å². The van der Waals surface area contributed by atoms with Crippen LogP contribution in [0.1, 0.15) is 21.5 Å². The van der Waals surface area contributed by atoms with Crippen LogP contribution in [0, 0.1) is 6.92 Å². The molecule has 2 heterocycles. The van der Waals surface area contributed by atoms with Gasteiger partial charge in [-0.1, -0.05) is 24.3 Å². The molecule has 9 nitrogen and oxygen atoms in total. The van der Waals surface area contributed by atoms with E-state index >= 15 is 0 Å². The van der Waals surface area contributed by atoms with E-state index in [1.165, 1.54) is 0 Å². The Labute approximate surface area is 199 Å². The lowest BCUT2D eigenvalue weighted by Crippen LogP contribution is -2.44. The van der Waals surface area contributed by atoms with Crippen LogP contribution in [0.15, 0.2) is 42.5 Å². The lowest BCUT2D eigenvalue weighted by Gasteiger charge is -2.27. The lowest BCUT2D eigenvalue weighted by atomic mass is 10.1. The van der Waals surface area contributed by atoms with Crippen LogP contribution < -0.4 is 16.0 Å². The molecular weight excluding hydrogens is 456 g/mol. The molecule has 34 heavy (non-hydrogen) atoms. The molecule has 2 aliphatic rings. The van der Waals surface area contributed by atoms with Gasteiger partial charge in [0.15, 0.2) is 9.84 Å². The molecule has 4 rings (SSSR count). The average Bonchev–Trinajstić information content (AvgIpc) is 2.81. The summed E-state index contributed by atoms with van der Waals surface area (Å²) < 4.78 is 30.8. The van der Waals surface area contributed by atoms with Crippen molar-refractivity contribution in [3.63, 3.8) is 0 Å². The highest BCUT2D eigenvalue weighted by molar-refractivity contribution is 7.90. The third kappa shape index (κ3) is 6.13. The number of hydrogen-bond acceptors (Lipinski definition) is 7. The number of rotatable bonds is 8. The smallest absolute Gasteiger partial charge is 0.251 e. The van der Waals surface area contributed by atoms with E-state index in [-0.39, 0.29) is 17.4 Å². The van der Waals surface area contributed by atoms with Gasteiger partial charge in [-0.15, -0.1) is 0 Å². The van der Waals surface area contributed by atoms with Crippen molar-refractivity contribution in [2.45, 2.75) is 18.7 Å². The first-order valence-corrected chi connectivity index (χ1v) is 13.2. The second-order valence-corrected chi connectivity index (χ2v) is 10.7. The molecule has 2 aliphatic heterocycles. The summed E-state index contributed by atoms with van der Waals surface area (Å²) >= 11 is 0. The van der Waals surface area contributed by atoms with Crippen LogP contribution in [0.3, 0.4) is 0 Å². The molecule has 2 amide bonds. The largest absolute Gasteiger partial charge is 0.379 e. The summed E-state index contributed by atoms with van der Waals surface area (Å²) in [5, 5.41) is 8.65. The molecule has 0 radical (unpaired) electrons. The monoisotopic (exact) mass is 486 g/mol. The first kappa shape index (κ1) is 24.2. The van der Waals surface area contributed by atoms with Gasteiger partial charge in [-0.2, -0.15) is 0 Å². The SMILES string of the molecule is Cc1ccccc1CS(=O)(=O)CC1Nc2ccc(C(=O)NCCN3CCOCC3)cc2NC1=O. The number of aryl methyl sites for hydroxylation is 1. The Morgan fingerprint density at radius 3 is 2.68 bits per heavy atom. The van der Waals surface area contributed by atoms with Crippen molar-refractivity contribution in [1.29, 1.82) is 0 Å². The molecule has 0 aromatic heterocycles. The van der Waals surface area contributed by atoms with Gasteiger partial charge in [0.05, 0.1) is 36.1 Å². The first-order valence-electron chi connectivity index (χ1n) is 11.4. The summed E-state index contributed by atoms with van der Waals surface area (Å²) in [5.74, 6) is -1.11. The fraction of sp³-hybridized carbons (Fsp3) is 0.417. The number of amides is 2. The zero-order chi connectivity index (χ0) is 24.1. The van der Waals surface area contributed by atoms with Crippen molar-refractivity contribution in [2.75, 3.05) is 55.8 Å². The maximum absolute atomic E-state index is 12.8. The number of carbonyl (C=O) groups excluding carboxylic acids is 2. The van der Waals surface area contributed by atoms with Crippen molar-refractivity contribution in [3.8, 4) is 0 Å². The zero-order valence-corrected chi connectivity index (χ0v) is 20.0. The van der Waals surface area contributed by atoms with Gasteiger partial charge in [-0.25, -0.2) is 8.42 Å². The Morgan fingerprint density at radius 1 is 1.15 bits per heavy atom. The number of ether oxygens (including phenoxy) is 1. The summed E-state index contributed by atoms with van der Waals surface area (Å²) in [6.07, 6.45) is 0. The van der Waals surface area contributed by atoms with Crippen LogP contribution in [0.4, 0.5) is 11.4 Å². The van der Waals surface area contributed by atoms with E-state index in [0.717, 1.165) is 30.8 Å². The Bertz CT molecular complexity index is 1160. The molecule has 0 spiro atoms. The van der Waals surface area contributed by atoms with Crippen molar-refractivity contribution in [2.24, 2.45) is 0 Å². The van der Waals surface area contributed by atoms with Gasteiger partial charge < -0.3 is 20.7 Å². The van der Waals surface area contributed by atoms with E-state index < -0.39 is 21.8 Å². The molecule has 3 N–H and O–H groups in total. The molecule has 0 bridgehead atoms. The van der Waals surface area contributed by atoms with Crippen molar-refractivity contribution < 1.29 is 22.7 Å². The number of carbonyl (C=O) groups is 2. The minimum atomic E-state index is -3.53. The Balaban J connectivity index is 1.35. The minimum Gasteiger partial charge on any atom is -0.379 e. The van der Waals surface area contributed by atoms with Crippen molar-refractivity contribution in [3.05, 3.63) is 59.2 Å². The summed E-state index contributed by atoms with van der Waals surface area (Å²) in [6, 6.07) is 11.3. The van der Waals surface area contributed by atoms with E-state index in [4.69, 9.17) is 4.74 Å². The van der Waals surface area contributed by atoms with Gasteiger partial charge in [-0.3, -0.25) is 14.5 Å². The van der Waals surface area contributed by atoms with Gasteiger partial charge in [0.1, 0.15) is 6.04 Å². The Morgan fingerprint density at radius 2 is 1.91 bits per heavy atom. The van der Waals surface area contributed by atoms with Gasteiger partial charge in [-0.05, 0) is 36.2 Å². The van der Waals surface area contributed by atoms with Crippen molar-refractivity contribution >= 4 is 33.0 Å². The number of sulfone groups is 1. The number of benzene rings is 2. The fourth-order valence-electron chi connectivity index (χ4n) is 4.08. The topological polar surface area (TPSA) is 117 Å². The highest BCUT2D eigenvalue weighted by Crippen LogP contribution is 2.28.